The number of nitrogens with one attached hydrogen (secondary N) is 1. The van der Waals surface area contributed by atoms with Gasteiger partial charge in [-0.15, -0.1) is 0 Å². The van der Waals surface area contributed by atoms with Crippen LogP contribution in [-0.4, -0.2) is 42.3 Å². The van der Waals surface area contributed by atoms with E-state index in [1.54, 1.807) is 30.3 Å². The first-order valence-electron chi connectivity index (χ1n) is 8.31. The molecule has 1 amide bonds. The molecule has 1 atom stereocenters. The molecule has 0 aliphatic rings. The van der Waals surface area contributed by atoms with Crippen molar-refractivity contribution < 1.29 is 23.5 Å². The molecule has 0 heterocycles. The van der Waals surface area contributed by atoms with Crippen molar-refractivity contribution in [3.05, 3.63) is 71.5 Å². The van der Waals surface area contributed by atoms with Gasteiger partial charge in [-0.25, -0.2) is 9.18 Å². The molecule has 5 nitrogen and oxygen atoms in total. The topological polar surface area (TPSA) is 72.5 Å². The Morgan fingerprint density at radius 1 is 1.04 bits per heavy atom. The predicted molar refractivity (Wildman–Crippen MR) is 102 cm³/mol. The fraction of sp³-hybridized carbons (Fsp3) is 0.250. The Labute approximate surface area is 161 Å². The first kappa shape index (κ1) is 20.6. The summed E-state index contributed by atoms with van der Waals surface area (Å²) in [6, 6.07) is 12.7. The number of amides is 1. The molecular formula is C20H20FNO4S. The molecule has 2 rings (SSSR count). The summed E-state index contributed by atoms with van der Waals surface area (Å²) in [6.45, 7) is -0.471. The highest BCUT2D eigenvalue weighted by atomic mass is 32.2. The smallest absolute Gasteiger partial charge is 0.329 e. The number of thioether (sulfide) groups is 1. The number of Topliss-reactive ketones (excluding diaryl/α,β-unsaturated/α-hetero) is 1. The van der Waals surface area contributed by atoms with Crippen LogP contribution in [-0.2, 0) is 9.53 Å². The maximum absolute atomic E-state index is 12.9. The van der Waals surface area contributed by atoms with Gasteiger partial charge in [0, 0.05) is 11.1 Å². The summed E-state index contributed by atoms with van der Waals surface area (Å²) in [6.07, 6.45) is 2.27. The zero-order valence-electron chi connectivity index (χ0n) is 14.8. The van der Waals surface area contributed by atoms with Crippen molar-refractivity contribution in [2.45, 2.75) is 12.5 Å². The zero-order valence-corrected chi connectivity index (χ0v) is 15.6. The van der Waals surface area contributed by atoms with Crippen LogP contribution >= 0.6 is 11.8 Å². The Bertz CT molecular complexity index is 780. The molecule has 0 radical (unpaired) electrons. The monoisotopic (exact) mass is 389 g/mol. The van der Waals surface area contributed by atoms with E-state index in [2.05, 4.69) is 5.32 Å². The van der Waals surface area contributed by atoms with Crippen molar-refractivity contribution in [1.82, 2.24) is 5.32 Å². The van der Waals surface area contributed by atoms with Crippen molar-refractivity contribution in [2.75, 3.05) is 18.6 Å². The zero-order chi connectivity index (χ0) is 19.6. The van der Waals surface area contributed by atoms with Gasteiger partial charge >= 0.3 is 5.97 Å². The molecule has 2 aromatic rings. The van der Waals surface area contributed by atoms with Crippen LogP contribution in [0.25, 0.3) is 0 Å². The lowest BCUT2D eigenvalue weighted by atomic mass is 10.1. The highest BCUT2D eigenvalue weighted by Crippen LogP contribution is 2.08. The second-order valence-electron chi connectivity index (χ2n) is 5.71. The van der Waals surface area contributed by atoms with Gasteiger partial charge in [-0.3, -0.25) is 9.59 Å². The van der Waals surface area contributed by atoms with E-state index in [9.17, 15) is 18.8 Å². The summed E-state index contributed by atoms with van der Waals surface area (Å²) < 4.78 is 18.0. The fourth-order valence-corrected chi connectivity index (χ4v) is 2.74. The number of ether oxygens (including phenoxy) is 1. The second kappa shape index (κ2) is 10.5. The third-order valence-corrected chi connectivity index (χ3v) is 4.39. The minimum absolute atomic E-state index is 0.248. The van der Waals surface area contributed by atoms with E-state index < -0.39 is 30.2 Å². The van der Waals surface area contributed by atoms with Gasteiger partial charge in [0.25, 0.3) is 5.91 Å². The van der Waals surface area contributed by atoms with Crippen LogP contribution in [0.4, 0.5) is 4.39 Å². The van der Waals surface area contributed by atoms with Gasteiger partial charge in [-0.05, 0) is 54.8 Å². The third kappa shape index (κ3) is 6.53. The van der Waals surface area contributed by atoms with E-state index in [0.29, 0.717) is 17.7 Å². The average Bonchev–Trinajstić information content (AvgIpc) is 2.70. The van der Waals surface area contributed by atoms with Crippen LogP contribution in [0.2, 0.25) is 0 Å². The van der Waals surface area contributed by atoms with Gasteiger partial charge in [0.05, 0.1) is 0 Å². The van der Waals surface area contributed by atoms with Gasteiger partial charge in [0.15, 0.2) is 12.4 Å². The van der Waals surface area contributed by atoms with Crippen LogP contribution in [0.3, 0.4) is 0 Å². The number of rotatable bonds is 9. The molecular weight excluding hydrogens is 369 g/mol. The first-order chi connectivity index (χ1) is 13.0. The molecule has 0 aliphatic carbocycles. The largest absolute Gasteiger partial charge is 0.456 e. The lowest BCUT2D eigenvalue weighted by Crippen LogP contribution is -2.42. The first-order valence-corrected chi connectivity index (χ1v) is 9.71. The van der Waals surface area contributed by atoms with E-state index in [1.165, 1.54) is 23.9 Å². The second-order valence-corrected chi connectivity index (χ2v) is 6.70. The summed E-state index contributed by atoms with van der Waals surface area (Å²) >= 11 is 1.53. The molecule has 0 aromatic heterocycles. The third-order valence-electron chi connectivity index (χ3n) is 3.75. The quantitative estimate of drug-likeness (QED) is 0.527. The van der Waals surface area contributed by atoms with Gasteiger partial charge in [0.1, 0.15) is 11.9 Å². The highest BCUT2D eigenvalue weighted by molar-refractivity contribution is 7.98. The van der Waals surface area contributed by atoms with Crippen molar-refractivity contribution in [2.24, 2.45) is 0 Å². The number of hydrogen-bond acceptors (Lipinski definition) is 5. The van der Waals surface area contributed by atoms with E-state index in [1.807, 2.05) is 6.26 Å². The molecule has 0 saturated carbocycles. The Hall–Kier alpha value is -2.67. The van der Waals surface area contributed by atoms with Crippen LogP contribution in [0.1, 0.15) is 27.1 Å². The number of carbonyl (C=O) groups excluding carboxylic acids is 3. The number of carbonyl (C=O) groups is 3. The normalized spacial score (nSPS) is 11.5. The molecule has 0 fully saturated rings. The van der Waals surface area contributed by atoms with Crippen LogP contribution in [0.15, 0.2) is 54.6 Å². The lowest BCUT2D eigenvalue weighted by Gasteiger charge is -2.17. The van der Waals surface area contributed by atoms with E-state index in [0.717, 1.165) is 12.1 Å². The lowest BCUT2D eigenvalue weighted by molar-refractivity contribution is -0.144. The van der Waals surface area contributed by atoms with Crippen molar-refractivity contribution in [3.8, 4) is 0 Å². The Morgan fingerprint density at radius 2 is 1.70 bits per heavy atom. The average molecular weight is 389 g/mol. The van der Waals surface area contributed by atoms with Crippen LogP contribution < -0.4 is 5.32 Å². The maximum Gasteiger partial charge on any atom is 0.329 e. The molecule has 0 bridgehead atoms. The Morgan fingerprint density at radius 3 is 2.33 bits per heavy atom. The Balaban J connectivity index is 1.96. The minimum Gasteiger partial charge on any atom is -0.456 e. The van der Waals surface area contributed by atoms with E-state index in [-0.39, 0.29) is 11.5 Å². The molecule has 27 heavy (non-hydrogen) atoms. The van der Waals surface area contributed by atoms with E-state index in [4.69, 9.17) is 4.74 Å². The van der Waals surface area contributed by atoms with Crippen molar-refractivity contribution in [1.29, 1.82) is 0 Å². The van der Waals surface area contributed by atoms with Crippen LogP contribution in [0, 0.1) is 5.82 Å². The molecule has 0 aliphatic heterocycles. The molecule has 0 unspecified atom stereocenters. The maximum atomic E-state index is 12.9. The van der Waals surface area contributed by atoms with Crippen molar-refractivity contribution in [3.63, 3.8) is 0 Å². The number of hydrogen-bond donors (Lipinski definition) is 1. The molecule has 2 aromatic carbocycles. The SMILES string of the molecule is CSCC[C@H](NC(=O)c1ccccc1)C(=O)OCC(=O)c1ccc(F)cc1. The van der Waals surface area contributed by atoms with Gasteiger partial charge in [-0.1, -0.05) is 18.2 Å². The number of ketones is 1. The van der Waals surface area contributed by atoms with Crippen LogP contribution in [0.5, 0.6) is 0 Å². The molecule has 0 saturated heterocycles. The standard InChI is InChI=1S/C20H20FNO4S/c1-27-12-11-17(22-19(24)15-5-3-2-4-6-15)20(25)26-13-18(23)14-7-9-16(21)10-8-14/h2-10,17H,11-13H2,1H3,(H,22,24)/t17-/m0/s1. The summed E-state index contributed by atoms with van der Waals surface area (Å²) in [5.74, 6) is -1.32. The van der Waals surface area contributed by atoms with Gasteiger partial charge in [0.2, 0.25) is 0 Å². The number of halogens is 1. The summed E-state index contributed by atoms with van der Waals surface area (Å²) in [5.41, 5.74) is 0.681. The number of esters is 1. The molecule has 7 heteroatoms. The molecule has 0 spiro atoms. The Kier molecular flexibility index (Phi) is 8.00. The summed E-state index contributed by atoms with van der Waals surface area (Å²) in [4.78, 5) is 36.7. The molecule has 1 N–H and O–H groups in total. The predicted octanol–water partition coefficient (Wildman–Crippen LogP) is 3.10. The van der Waals surface area contributed by atoms with Crippen molar-refractivity contribution >= 4 is 29.4 Å². The molecule has 142 valence electrons. The van der Waals surface area contributed by atoms with Gasteiger partial charge < -0.3 is 10.1 Å². The van der Waals surface area contributed by atoms with E-state index >= 15 is 0 Å². The minimum atomic E-state index is -0.855. The number of benzene rings is 2. The van der Waals surface area contributed by atoms with Gasteiger partial charge in [-0.2, -0.15) is 11.8 Å². The summed E-state index contributed by atoms with van der Waals surface area (Å²) in [7, 11) is 0. The highest BCUT2D eigenvalue weighted by Gasteiger charge is 2.23. The fourth-order valence-electron chi connectivity index (χ4n) is 2.27. The summed E-state index contributed by atoms with van der Waals surface area (Å²) in [5, 5.41) is 2.65.